The minimum absolute atomic E-state index is 0.0419. The molecule has 1 aromatic rings. The average molecular weight is 415 g/mol. The molecule has 0 unspecified atom stereocenters. The largest absolute Gasteiger partial charge is 0.478 e. The molecule has 30 heavy (non-hydrogen) atoms. The molecule has 2 fully saturated rings. The molecule has 0 bridgehead atoms. The summed E-state index contributed by atoms with van der Waals surface area (Å²) in [6, 6.07) is 8.09. The first-order valence-corrected chi connectivity index (χ1v) is 11.5. The fraction of sp³-hybridized carbons (Fsp3) is 0.652. The SMILES string of the molecule is O=C(C[C@H]1Oc2ccccc2NC1=O)NCCCN1CCN(C2CCCCC2)CC1. The number of nitrogens with one attached hydrogen (secondary N) is 2. The van der Waals surface area contributed by atoms with Gasteiger partial charge in [0.25, 0.3) is 5.91 Å². The molecule has 1 atom stereocenters. The molecule has 2 N–H and O–H groups in total. The number of hydrogen-bond donors (Lipinski definition) is 2. The van der Waals surface area contributed by atoms with Crippen LogP contribution in [0.2, 0.25) is 0 Å². The number of rotatable bonds is 7. The summed E-state index contributed by atoms with van der Waals surface area (Å²) in [7, 11) is 0. The third-order valence-corrected chi connectivity index (χ3v) is 6.55. The Morgan fingerprint density at radius 3 is 2.67 bits per heavy atom. The van der Waals surface area contributed by atoms with Gasteiger partial charge in [-0.2, -0.15) is 0 Å². The van der Waals surface area contributed by atoms with E-state index in [0.29, 0.717) is 18.0 Å². The number of anilines is 1. The maximum Gasteiger partial charge on any atom is 0.266 e. The molecular formula is C23H34N4O3. The second-order valence-corrected chi connectivity index (χ2v) is 8.67. The van der Waals surface area contributed by atoms with Gasteiger partial charge >= 0.3 is 0 Å². The smallest absolute Gasteiger partial charge is 0.266 e. The van der Waals surface area contributed by atoms with Crippen molar-refractivity contribution in [2.75, 3.05) is 44.6 Å². The molecule has 4 rings (SSSR count). The molecule has 2 aliphatic heterocycles. The van der Waals surface area contributed by atoms with E-state index in [1.165, 1.54) is 45.2 Å². The molecule has 0 spiro atoms. The number of carbonyl (C=O) groups is 2. The van der Waals surface area contributed by atoms with Crippen LogP contribution in [0, 0.1) is 0 Å². The first-order valence-electron chi connectivity index (χ1n) is 11.5. The zero-order valence-electron chi connectivity index (χ0n) is 17.8. The van der Waals surface area contributed by atoms with Gasteiger partial charge in [-0.15, -0.1) is 0 Å². The highest BCUT2D eigenvalue weighted by Crippen LogP contribution is 2.29. The highest BCUT2D eigenvalue weighted by Gasteiger charge is 2.29. The Hall–Kier alpha value is -2.12. The minimum Gasteiger partial charge on any atom is -0.478 e. The Labute approximate surface area is 179 Å². The van der Waals surface area contributed by atoms with Crippen molar-refractivity contribution in [2.24, 2.45) is 0 Å². The molecule has 1 aliphatic carbocycles. The Morgan fingerprint density at radius 1 is 1.10 bits per heavy atom. The molecule has 1 saturated heterocycles. The van der Waals surface area contributed by atoms with E-state index < -0.39 is 6.10 Å². The number of fused-ring (bicyclic) bond motifs is 1. The van der Waals surface area contributed by atoms with Crippen molar-refractivity contribution >= 4 is 17.5 Å². The van der Waals surface area contributed by atoms with Gasteiger partial charge in [-0.3, -0.25) is 14.5 Å². The molecule has 2 heterocycles. The summed E-state index contributed by atoms with van der Waals surface area (Å²) in [4.78, 5) is 29.6. The van der Waals surface area contributed by atoms with E-state index in [1.54, 1.807) is 12.1 Å². The summed E-state index contributed by atoms with van der Waals surface area (Å²) >= 11 is 0. The number of benzene rings is 1. The van der Waals surface area contributed by atoms with Gasteiger partial charge in [0.05, 0.1) is 12.1 Å². The van der Waals surface area contributed by atoms with Crippen LogP contribution in [0.5, 0.6) is 5.75 Å². The number of carbonyl (C=O) groups excluding carboxylic acids is 2. The monoisotopic (exact) mass is 414 g/mol. The first-order chi connectivity index (χ1) is 14.7. The molecule has 0 radical (unpaired) electrons. The van der Waals surface area contributed by atoms with Crippen LogP contribution in [-0.2, 0) is 9.59 Å². The van der Waals surface area contributed by atoms with Gasteiger partial charge in [0.1, 0.15) is 5.75 Å². The topological polar surface area (TPSA) is 73.9 Å². The number of hydrogen-bond acceptors (Lipinski definition) is 5. The van der Waals surface area contributed by atoms with Crippen molar-refractivity contribution in [1.29, 1.82) is 0 Å². The fourth-order valence-electron chi connectivity index (χ4n) is 4.80. The quantitative estimate of drug-likeness (QED) is 0.670. The standard InChI is InChI=1S/C23H34N4O3/c28-22(17-21-23(29)25-19-9-4-5-10-20(19)30-21)24-11-6-12-26-13-15-27(16-14-26)18-7-2-1-3-8-18/h4-5,9-10,18,21H,1-3,6-8,11-17H2,(H,24,28)(H,25,29)/t21-/m1/s1. The summed E-state index contributed by atoms with van der Waals surface area (Å²) in [6.07, 6.45) is 7.15. The third-order valence-electron chi connectivity index (χ3n) is 6.55. The van der Waals surface area contributed by atoms with Crippen molar-refractivity contribution in [3.63, 3.8) is 0 Å². The van der Waals surface area contributed by atoms with E-state index in [4.69, 9.17) is 4.74 Å². The zero-order valence-corrected chi connectivity index (χ0v) is 17.8. The molecule has 0 aromatic heterocycles. The van der Waals surface area contributed by atoms with Gasteiger partial charge in [-0.1, -0.05) is 31.4 Å². The van der Waals surface area contributed by atoms with Crippen LogP contribution < -0.4 is 15.4 Å². The second-order valence-electron chi connectivity index (χ2n) is 8.67. The lowest BCUT2D eigenvalue weighted by Crippen LogP contribution is -2.51. The van der Waals surface area contributed by atoms with Crippen molar-refractivity contribution in [1.82, 2.24) is 15.1 Å². The average Bonchev–Trinajstić information content (AvgIpc) is 2.78. The Morgan fingerprint density at radius 2 is 1.87 bits per heavy atom. The fourth-order valence-corrected chi connectivity index (χ4v) is 4.80. The van der Waals surface area contributed by atoms with Crippen LogP contribution in [0.4, 0.5) is 5.69 Å². The number of para-hydroxylation sites is 2. The summed E-state index contributed by atoms with van der Waals surface area (Å²) in [6.45, 7) is 6.23. The molecule has 7 nitrogen and oxygen atoms in total. The number of piperazine rings is 1. The third kappa shape index (κ3) is 5.52. The molecule has 1 saturated carbocycles. The van der Waals surface area contributed by atoms with Crippen LogP contribution >= 0.6 is 0 Å². The Kier molecular flexibility index (Phi) is 7.23. The van der Waals surface area contributed by atoms with Gasteiger partial charge in [-0.25, -0.2) is 0 Å². The van der Waals surface area contributed by atoms with E-state index in [9.17, 15) is 9.59 Å². The van der Waals surface area contributed by atoms with Crippen molar-refractivity contribution in [3.8, 4) is 5.75 Å². The highest BCUT2D eigenvalue weighted by atomic mass is 16.5. The van der Waals surface area contributed by atoms with Gasteiger partial charge in [0, 0.05) is 38.8 Å². The zero-order chi connectivity index (χ0) is 20.8. The van der Waals surface area contributed by atoms with E-state index in [2.05, 4.69) is 20.4 Å². The second kappa shape index (κ2) is 10.3. The first kappa shape index (κ1) is 21.1. The van der Waals surface area contributed by atoms with Crippen LogP contribution in [0.25, 0.3) is 0 Å². The summed E-state index contributed by atoms with van der Waals surface area (Å²) in [5, 5.41) is 5.74. The summed E-state index contributed by atoms with van der Waals surface area (Å²) < 4.78 is 5.69. The number of ether oxygens (including phenoxy) is 1. The molecule has 1 aromatic carbocycles. The van der Waals surface area contributed by atoms with Crippen LogP contribution in [-0.4, -0.2) is 73.0 Å². The predicted molar refractivity (Wildman–Crippen MR) is 117 cm³/mol. The lowest BCUT2D eigenvalue weighted by molar-refractivity contribution is -0.130. The summed E-state index contributed by atoms with van der Waals surface area (Å²) in [5.74, 6) is 0.207. The highest BCUT2D eigenvalue weighted by molar-refractivity contribution is 5.99. The number of nitrogens with zero attached hydrogens (tertiary/aromatic N) is 2. The number of amides is 2. The molecule has 164 valence electrons. The van der Waals surface area contributed by atoms with Gasteiger partial charge in [0.15, 0.2) is 6.10 Å². The van der Waals surface area contributed by atoms with Crippen molar-refractivity contribution in [2.45, 2.75) is 57.1 Å². The Balaban J connectivity index is 1.10. The van der Waals surface area contributed by atoms with E-state index in [1.807, 2.05) is 12.1 Å². The normalized spacial score (nSPS) is 23.3. The molecule has 7 heteroatoms. The van der Waals surface area contributed by atoms with Gasteiger partial charge in [0.2, 0.25) is 5.91 Å². The minimum atomic E-state index is -0.771. The van der Waals surface area contributed by atoms with Gasteiger partial charge < -0.3 is 20.3 Å². The van der Waals surface area contributed by atoms with Crippen LogP contribution in [0.3, 0.4) is 0 Å². The van der Waals surface area contributed by atoms with Crippen LogP contribution in [0.1, 0.15) is 44.9 Å². The lowest BCUT2D eigenvalue weighted by atomic mass is 9.94. The predicted octanol–water partition coefficient (Wildman–Crippen LogP) is 2.23. The van der Waals surface area contributed by atoms with Gasteiger partial charge in [-0.05, 0) is 37.9 Å². The summed E-state index contributed by atoms with van der Waals surface area (Å²) in [5.41, 5.74) is 0.655. The molecular weight excluding hydrogens is 380 g/mol. The van der Waals surface area contributed by atoms with E-state index >= 15 is 0 Å². The lowest BCUT2D eigenvalue weighted by Gasteiger charge is -2.40. The molecule has 2 amide bonds. The van der Waals surface area contributed by atoms with E-state index in [-0.39, 0.29) is 18.2 Å². The Bertz CT molecular complexity index is 727. The van der Waals surface area contributed by atoms with E-state index in [0.717, 1.165) is 32.1 Å². The maximum atomic E-state index is 12.2. The van der Waals surface area contributed by atoms with Crippen molar-refractivity contribution in [3.05, 3.63) is 24.3 Å². The van der Waals surface area contributed by atoms with Crippen molar-refractivity contribution < 1.29 is 14.3 Å². The van der Waals surface area contributed by atoms with Crippen LogP contribution in [0.15, 0.2) is 24.3 Å². The molecule has 3 aliphatic rings. The maximum absolute atomic E-state index is 12.2.